The van der Waals surface area contributed by atoms with Crippen molar-refractivity contribution >= 4 is 23.0 Å². The zero-order valence-electron chi connectivity index (χ0n) is 11.6. The van der Waals surface area contributed by atoms with Gasteiger partial charge >= 0.3 is 0 Å². The van der Waals surface area contributed by atoms with Crippen LogP contribution in [0.2, 0.25) is 0 Å². The fourth-order valence-corrected chi connectivity index (χ4v) is 2.81. The Morgan fingerprint density at radius 2 is 2.10 bits per heavy atom. The van der Waals surface area contributed by atoms with Crippen molar-refractivity contribution < 1.29 is 9.53 Å². The van der Waals surface area contributed by atoms with E-state index < -0.39 is 0 Å². The molecule has 2 aliphatic heterocycles. The van der Waals surface area contributed by atoms with Gasteiger partial charge in [0.2, 0.25) is 5.91 Å². The number of carbonyl (C=O) groups excluding carboxylic acids is 1. The molecule has 4 N–H and O–H groups in total. The number of hydrogen-bond acceptors (Lipinski definition) is 4. The van der Waals surface area contributed by atoms with E-state index >= 15 is 0 Å². The number of hydrogen-bond donors (Lipinski definition) is 3. The van der Waals surface area contributed by atoms with Crippen LogP contribution >= 0.6 is 0 Å². The summed E-state index contributed by atoms with van der Waals surface area (Å²) in [6, 6.07) is 3.93. The minimum absolute atomic E-state index is 0.0812. The Labute approximate surface area is 118 Å². The van der Waals surface area contributed by atoms with Crippen molar-refractivity contribution in [3.8, 4) is 0 Å². The molecule has 0 aromatic heterocycles. The summed E-state index contributed by atoms with van der Waals surface area (Å²) in [4.78, 5) is 11.5. The number of aryl methyl sites for hydroxylation is 1. The lowest BCUT2D eigenvalue weighted by Gasteiger charge is -2.24. The first-order chi connectivity index (χ1) is 9.72. The molecule has 0 atom stereocenters. The molecule has 0 saturated carbocycles. The van der Waals surface area contributed by atoms with Gasteiger partial charge in [-0.1, -0.05) is 0 Å². The third-order valence-electron chi connectivity index (χ3n) is 4.09. The second kappa shape index (κ2) is 5.71. The SMILES string of the molecule is Nc1cc2c(cc1NCC1CCOCC1)NC(=O)CC2. The molecular weight excluding hydrogens is 254 g/mol. The number of rotatable bonds is 3. The van der Waals surface area contributed by atoms with E-state index in [0.717, 1.165) is 61.6 Å². The summed E-state index contributed by atoms with van der Waals surface area (Å²) in [7, 11) is 0. The van der Waals surface area contributed by atoms with Crippen molar-refractivity contribution in [1.29, 1.82) is 0 Å². The third kappa shape index (κ3) is 2.88. The van der Waals surface area contributed by atoms with Crippen molar-refractivity contribution in [3.63, 3.8) is 0 Å². The van der Waals surface area contributed by atoms with Crippen LogP contribution in [0.3, 0.4) is 0 Å². The molecule has 2 aliphatic rings. The summed E-state index contributed by atoms with van der Waals surface area (Å²) in [6.07, 6.45) is 3.50. The van der Waals surface area contributed by atoms with Gasteiger partial charge in [-0.3, -0.25) is 4.79 Å². The number of anilines is 3. The maximum absolute atomic E-state index is 11.5. The van der Waals surface area contributed by atoms with Crippen LogP contribution in [0.4, 0.5) is 17.1 Å². The third-order valence-corrected chi connectivity index (χ3v) is 4.09. The van der Waals surface area contributed by atoms with E-state index in [1.807, 2.05) is 12.1 Å². The fourth-order valence-electron chi connectivity index (χ4n) is 2.81. The number of nitrogens with one attached hydrogen (secondary N) is 2. The molecule has 0 unspecified atom stereocenters. The van der Waals surface area contributed by atoms with E-state index in [0.29, 0.717) is 12.3 Å². The number of nitrogen functional groups attached to an aromatic ring is 1. The molecule has 0 aliphatic carbocycles. The highest BCUT2D eigenvalue weighted by atomic mass is 16.5. The highest BCUT2D eigenvalue weighted by Crippen LogP contribution is 2.31. The van der Waals surface area contributed by atoms with E-state index in [-0.39, 0.29) is 5.91 Å². The number of amides is 1. The fraction of sp³-hybridized carbons (Fsp3) is 0.533. The first-order valence-electron chi connectivity index (χ1n) is 7.26. The van der Waals surface area contributed by atoms with Crippen molar-refractivity contribution in [2.75, 3.05) is 36.1 Å². The van der Waals surface area contributed by atoms with E-state index in [2.05, 4.69) is 10.6 Å². The van der Waals surface area contributed by atoms with Gasteiger partial charge in [0.1, 0.15) is 0 Å². The first-order valence-corrected chi connectivity index (χ1v) is 7.26. The molecule has 2 heterocycles. The second-order valence-electron chi connectivity index (χ2n) is 5.58. The maximum atomic E-state index is 11.5. The van der Waals surface area contributed by atoms with Crippen LogP contribution in [-0.2, 0) is 16.0 Å². The largest absolute Gasteiger partial charge is 0.397 e. The zero-order chi connectivity index (χ0) is 13.9. The van der Waals surface area contributed by atoms with Gasteiger partial charge in [0.25, 0.3) is 0 Å². The topological polar surface area (TPSA) is 76.4 Å². The van der Waals surface area contributed by atoms with Crippen LogP contribution in [0.1, 0.15) is 24.8 Å². The van der Waals surface area contributed by atoms with E-state index in [1.165, 1.54) is 0 Å². The van der Waals surface area contributed by atoms with E-state index in [1.54, 1.807) is 0 Å². The van der Waals surface area contributed by atoms with Crippen molar-refractivity contribution in [2.45, 2.75) is 25.7 Å². The van der Waals surface area contributed by atoms with Gasteiger partial charge in [-0.05, 0) is 42.9 Å². The van der Waals surface area contributed by atoms with Crippen molar-refractivity contribution in [2.24, 2.45) is 5.92 Å². The predicted molar refractivity (Wildman–Crippen MR) is 79.8 cm³/mol. The number of benzene rings is 1. The number of fused-ring (bicyclic) bond motifs is 1. The predicted octanol–water partition coefficient (Wildman–Crippen LogP) is 1.99. The average molecular weight is 275 g/mol. The minimum atomic E-state index is 0.0812. The molecule has 1 saturated heterocycles. The molecule has 0 spiro atoms. The van der Waals surface area contributed by atoms with Gasteiger partial charge in [0, 0.05) is 31.9 Å². The zero-order valence-corrected chi connectivity index (χ0v) is 11.6. The lowest BCUT2D eigenvalue weighted by molar-refractivity contribution is -0.116. The Morgan fingerprint density at radius 3 is 2.90 bits per heavy atom. The van der Waals surface area contributed by atoms with Gasteiger partial charge in [0.15, 0.2) is 0 Å². The first kappa shape index (κ1) is 13.2. The minimum Gasteiger partial charge on any atom is -0.397 e. The molecule has 5 heteroatoms. The molecule has 1 fully saturated rings. The van der Waals surface area contributed by atoms with Gasteiger partial charge in [-0.25, -0.2) is 0 Å². The molecule has 1 amide bonds. The standard InChI is InChI=1S/C15H21N3O2/c16-12-7-11-1-2-15(19)18-13(11)8-14(12)17-9-10-3-5-20-6-4-10/h7-8,10,17H,1-6,9,16H2,(H,18,19). The number of ether oxygens (including phenoxy) is 1. The van der Waals surface area contributed by atoms with Gasteiger partial charge in [-0.2, -0.15) is 0 Å². The molecule has 0 bridgehead atoms. The Morgan fingerprint density at radius 1 is 1.30 bits per heavy atom. The number of nitrogens with two attached hydrogens (primary N) is 1. The lowest BCUT2D eigenvalue weighted by atomic mass is 9.99. The quantitative estimate of drug-likeness (QED) is 0.737. The van der Waals surface area contributed by atoms with Gasteiger partial charge in [-0.15, -0.1) is 0 Å². The van der Waals surface area contributed by atoms with Crippen LogP contribution in [0.5, 0.6) is 0 Å². The molecule has 1 aromatic rings. The Kier molecular flexibility index (Phi) is 3.78. The Bertz CT molecular complexity index is 510. The summed E-state index contributed by atoms with van der Waals surface area (Å²) in [5, 5.41) is 6.33. The van der Waals surface area contributed by atoms with Crippen LogP contribution in [0.25, 0.3) is 0 Å². The normalized spacial score (nSPS) is 19.3. The van der Waals surface area contributed by atoms with Crippen molar-refractivity contribution in [3.05, 3.63) is 17.7 Å². The Hall–Kier alpha value is -1.75. The van der Waals surface area contributed by atoms with E-state index in [4.69, 9.17) is 10.5 Å². The molecule has 3 rings (SSSR count). The maximum Gasteiger partial charge on any atom is 0.224 e. The highest BCUT2D eigenvalue weighted by Gasteiger charge is 2.18. The molecule has 1 aromatic carbocycles. The summed E-state index contributed by atoms with van der Waals surface area (Å²) in [6.45, 7) is 2.60. The van der Waals surface area contributed by atoms with Crippen LogP contribution in [0.15, 0.2) is 12.1 Å². The van der Waals surface area contributed by atoms with Crippen molar-refractivity contribution in [1.82, 2.24) is 0 Å². The van der Waals surface area contributed by atoms with Gasteiger partial charge in [0.05, 0.1) is 11.4 Å². The van der Waals surface area contributed by atoms with E-state index in [9.17, 15) is 4.79 Å². The monoisotopic (exact) mass is 275 g/mol. The molecule has 108 valence electrons. The lowest BCUT2D eigenvalue weighted by Crippen LogP contribution is -2.23. The number of carbonyl (C=O) groups is 1. The highest BCUT2D eigenvalue weighted by molar-refractivity contribution is 5.95. The van der Waals surface area contributed by atoms with Crippen LogP contribution in [0, 0.1) is 5.92 Å². The molecule has 20 heavy (non-hydrogen) atoms. The van der Waals surface area contributed by atoms with Crippen LogP contribution < -0.4 is 16.4 Å². The summed E-state index contributed by atoms with van der Waals surface area (Å²) in [5.74, 6) is 0.714. The van der Waals surface area contributed by atoms with Gasteiger partial charge < -0.3 is 21.1 Å². The molecule has 5 nitrogen and oxygen atoms in total. The summed E-state index contributed by atoms with van der Waals surface area (Å²) >= 11 is 0. The summed E-state index contributed by atoms with van der Waals surface area (Å²) in [5.41, 5.74) is 9.78. The Balaban J connectivity index is 1.69. The smallest absolute Gasteiger partial charge is 0.224 e. The average Bonchev–Trinajstić information content (AvgIpc) is 2.46. The second-order valence-corrected chi connectivity index (χ2v) is 5.58. The molecule has 0 radical (unpaired) electrons. The molecular formula is C15H21N3O2. The summed E-state index contributed by atoms with van der Waals surface area (Å²) < 4.78 is 5.36. The van der Waals surface area contributed by atoms with Crippen LogP contribution in [-0.4, -0.2) is 25.7 Å².